The fourth-order valence-electron chi connectivity index (χ4n) is 2.04. The second-order valence-corrected chi connectivity index (χ2v) is 7.15. The molecule has 2 N–H and O–H groups in total. The lowest BCUT2D eigenvalue weighted by molar-refractivity contribution is -0.137. The number of hydrogen-bond donors (Lipinski definition) is 2. The number of nitrogens with zero attached hydrogens (tertiary/aromatic N) is 2. The Bertz CT molecular complexity index is 605. The number of nitrogens with one attached hydrogen (secondary N) is 1. The smallest absolute Gasteiger partial charge is 0.305 e. The first-order chi connectivity index (χ1) is 9.65. The van der Waals surface area contributed by atoms with Crippen molar-refractivity contribution < 1.29 is 18.3 Å². The summed E-state index contributed by atoms with van der Waals surface area (Å²) in [5, 5.41) is 12.8. The zero-order chi connectivity index (χ0) is 16.2. The largest absolute Gasteiger partial charge is 0.481 e. The monoisotopic (exact) mass is 317 g/mol. The Kier molecular flexibility index (Phi) is 5.91. The SMILES string of the molecule is Cc1nn(CCC(=O)O)c(C)c1S(=O)(=O)NCCC(C)C. The second-order valence-electron chi connectivity index (χ2n) is 5.45. The maximum atomic E-state index is 12.3. The van der Waals surface area contributed by atoms with Gasteiger partial charge in [-0.3, -0.25) is 9.48 Å². The van der Waals surface area contributed by atoms with Gasteiger partial charge in [-0.05, 0) is 26.2 Å². The summed E-state index contributed by atoms with van der Waals surface area (Å²) in [7, 11) is -3.62. The van der Waals surface area contributed by atoms with E-state index in [1.807, 2.05) is 13.8 Å². The Labute approximate surface area is 125 Å². The van der Waals surface area contributed by atoms with Crippen LogP contribution < -0.4 is 4.72 Å². The van der Waals surface area contributed by atoms with E-state index in [0.29, 0.717) is 23.9 Å². The number of hydrogen-bond acceptors (Lipinski definition) is 4. The van der Waals surface area contributed by atoms with Crippen LogP contribution in [0.2, 0.25) is 0 Å². The van der Waals surface area contributed by atoms with E-state index in [0.717, 1.165) is 6.42 Å². The van der Waals surface area contributed by atoms with Crippen LogP contribution in [0.1, 0.15) is 38.1 Å². The van der Waals surface area contributed by atoms with Crippen molar-refractivity contribution >= 4 is 16.0 Å². The standard InChI is InChI=1S/C13H23N3O4S/c1-9(2)5-7-14-21(19,20)13-10(3)15-16(11(13)4)8-6-12(17)18/h9,14H,5-8H2,1-4H3,(H,17,18). The molecule has 0 radical (unpaired) electrons. The minimum absolute atomic E-state index is 0.0950. The van der Waals surface area contributed by atoms with Crippen LogP contribution in [0.15, 0.2) is 4.90 Å². The van der Waals surface area contributed by atoms with Crippen molar-refractivity contribution in [3.63, 3.8) is 0 Å². The molecule has 0 fully saturated rings. The van der Waals surface area contributed by atoms with Crippen LogP contribution in [0.25, 0.3) is 0 Å². The lowest BCUT2D eigenvalue weighted by Crippen LogP contribution is -2.26. The van der Waals surface area contributed by atoms with Gasteiger partial charge in [0.1, 0.15) is 4.90 Å². The van der Waals surface area contributed by atoms with Crippen molar-refractivity contribution in [3.05, 3.63) is 11.4 Å². The van der Waals surface area contributed by atoms with Gasteiger partial charge in [0.15, 0.2) is 0 Å². The third-order valence-electron chi connectivity index (χ3n) is 3.14. The van der Waals surface area contributed by atoms with Gasteiger partial charge in [0.05, 0.1) is 24.4 Å². The summed E-state index contributed by atoms with van der Waals surface area (Å²) in [6.45, 7) is 7.83. The van der Waals surface area contributed by atoms with E-state index in [9.17, 15) is 13.2 Å². The molecule has 8 heteroatoms. The molecule has 1 aromatic rings. The average molecular weight is 317 g/mol. The molecule has 0 aliphatic rings. The molecule has 1 aromatic heterocycles. The molecule has 0 atom stereocenters. The summed E-state index contributed by atoms with van der Waals surface area (Å²) in [6.07, 6.45) is 0.659. The van der Waals surface area contributed by atoms with Crippen LogP contribution in [0.4, 0.5) is 0 Å². The highest BCUT2D eigenvalue weighted by molar-refractivity contribution is 7.89. The Hall–Kier alpha value is -1.41. The average Bonchev–Trinajstić information content (AvgIpc) is 2.61. The van der Waals surface area contributed by atoms with Crippen LogP contribution in [0.3, 0.4) is 0 Å². The molecule has 0 aliphatic heterocycles. The highest BCUT2D eigenvalue weighted by Crippen LogP contribution is 2.19. The number of carboxylic acid groups (broad SMARTS) is 1. The third-order valence-corrected chi connectivity index (χ3v) is 4.85. The zero-order valence-electron chi connectivity index (χ0n) is 12.9. The number of carboxylic acids is 1. The van der Waals surface area contributed by atoms with E-state index in [-0.39, 0.29) is 17.9 Å². The van der Waals surface area contributed by atoms with Gasteiger partial charge < -0.3 is 5.11 Å². The summed E-state index contributed by atoms with van der Waals surface area (Å²) in [6, 6.07) is 0. The summed E-state index contributed by atoms with van der Waals surface area (Å²) < 4.78 is 28.7. The molecule has 1 heterocycles. The van der Waals surface area contributed by atoms with E-state index < -0.39 is 16.0 Å². The second kappa shape index (κ2) is 7.04. The van der Waals surface area contributed by atoms with Crippen LogP contribution >= 0.6 is 0 Å². The van der Waals surface area contributed by atoms with Crippen molar-refractivity contribution in [1.82, 2.24) is 14.5 Å². The molecule has 0 aromatic carbocycles. The molecule has 0 saturated heterocycles. The van der Waals surface area contributed by atoms with E-state index in [1.54, 1.807) is 13.8 Å². The molecule has 21 heavy (non-hydrogen) atoms. The lowest BCUT2D eigenvalue weighted by Gasteiger charge is -2.09. The van der Waals surface area contributed by atoms with Crippen LogP contribution in [0.5, 0.6) is 0 Å². The fraction of sp³-hybridized carbons (Fsp3) is 0.692. The Balaban J connectivity index is 2.93. The van der Waals surface area contributed by atoms with Crippen LogP contribution in [-0.2, 0) is 21.4 Å². The molecule has 1 rings (SSSR count). The molecular formula is C13H23N3O4S. The van der Waals surface area contributed by atoms with E-state index >= 15 is 0 Å². The maximum Gasteiger partial charge on any atom is 0.305 e. The summed E-state index contributed by atoms with van der Waals surface area (Å²) in [5.41, 5.74) is 0.848. The minimum atomic E-state index is -3.62. The van der Waals surface area contributed by atoms with Crippen molar-refractivity contribution in [2.45, 2.75) is 52.0 Å². The van der Waals surface area contributed by atoms with Gasteiger partial charge in [-0.2, -0.15) is 5.10 Å². The predicted molar refractivity (Wildman–Crippen MR) is 78.6 cm³/mol. The third kappa shape index (κ3) is 4.82. The van der Waals surface area contributed by atoms with Crippen LogP contribution in [0, 0.1) is 19.8 Å². The van der Waals surface area contributed by atoms with Crippen molar-refractivity contribution in [2.75, 3.05) is 6.54 Å². The van der Waals surface area contributed by atoms with Gasteiger partial charge >= 0.3 is 5.97 Å². The number of aliphatic carboxylic acids is 1. The molecule has 7 nitrogen and oxygen atoms in total. The Morgan fingerprint density at radius 2 is 2.00 bits per heavy atom. The van der Waals surface area contributed by atoms with Crippen LogP contribution in [-0.4, -0.2) is 35.8 Å². The molecule has 0 bridgehead atoms. The van der Waals surface area contributed by atoms with E-state index in [4.69, 9.17) is 5.11 Å². The van der Waals surface area contributed by atoms with Crippen molar-refractivity contribution in [1.29, 1.82) is 0 Å². The number of sulfonamides is 1. The zero-order valence-corrected chi connectivity index (χ0v) is 13.7. The van der Waals surface area contributed by atoms with Crippen molar-refractivity contribution in [2.24, 2.45) is 5.92 Å². The number of aryl methyl sites for hydroxylation is 2. The topological polar surface area (TPSA) is 101 Å². The summed E-state index contributed by atoms with van der Waals surface area (Å²) in [4.78, 5) is 10.8. The highest BCUT2D eigenvalue weighted by Gasteiger charge is 2.24. The normalized spacial score (nSPS) is 12.0. The van der Waals surface area contributed by atoms with Gasteiger partial charge in [-0.1, -0.05) is 13.8 Å². The molecule has 120 valence electrons. The molecule has 0 saturated carbocycles. The minimum Gasteiger partial charge on any atom is -0.481 e. The molecule has 0 aliphatic carbocycles. The van der Waals surface area contributed by atoms with Gasteiger partial charge in [0.25, 0.3) is 0 Å². The van der Waals surface area contributed by atoms with E-state index in [1.165, 1.54) is 4.68 Å². The first kappa shape index (κ1) is 17.6. The Morgan fingerprint density at radius 1 is 1.38 bits per heavy atom. The number of rotatable bonds is 8. The quantitative estimate of drug-likeness (QED) is 0.752. The number of aromatic nitrogens is 2. The first-order valence-corrected chi connectivity index (χ1v) is 8.39. The maximum absolute atomic E-state index is 12.3. The van der Waals surface area contributed by atoms with Gasteiger partial charge in [0.2, 0.25) is 10.0 Å². The highest BCUT2D eigenvalue weighted by atomic mass is 32.2. The van der Waals surface area contributed by atoms with Gasteiger partial charge in [0, 0.05) is 6.54 Å². The predicted octanol–water partition coefficient (Wildman–Crippen LogP) is 1.30. The summed E-state index contributed by atoms with van der Waals surface area (Å²) in [5.74, 6) is -0.532. The van der Waals surface area contributed by atoms with Gasteiger partial charge in [-0.25, -0.2) is 13.1 Å². The Morgan fingerprint density at radius 3 is 2.52 bits per heavy atom. The number of carbonyl (C=O) groups is 1. The van der Waals surface area contributed by atoms with Crippen molar-refractivity contribution in [3.8, 4) is 0 Å². The fourth-order valence-corrected chi connectivity index (χ4v) is 3.50. The van der Waals surface area contributed by atoms with E-state index in [2.05, 4.69) is 9.82 Å². The molecule has 0 amide bonds. The molecule has 0 unspecified atom stereocenters. The lowest BCUT2D eigenvalue weighted by atomic mass is 10.1. The summed E-state index contributed by atoms with van der Waals surface area (Å²) >= 11 is 0. The molecule has 0 spiro atoms. The van der Waals surface area contributed by atoms with Gasteiger partial charge in [-0.15, -0.1) is 0 Å². The molecular weight excluding hydrogens is 294 g/mol. The first-order valence-electron chi connectivity index (χ1n) is 6.90.